The number of benzene rings is 1. The monoisotopic (exact) mass is 479 g/mol. The zero-order chi connectivity index (χ0) is 25.2. The van der Waals surface area contributed by atoms with Gasteiger partial charge >= 0.3 is 5.63 Å². The number of H-pyrrole nitrogens is 1. The van der Waals surface area contributed by atoms with Gasteiger partial charge in [0.05, 0.1) is 6.54 Å². The molecule has 1 aromatic carbocycles. The Balaban J connectivity index is 1.69. The summed E-state index contributed by atoms with van der Waals surface area (Å²) in [7, 11) is 0. The molecular weight excluding hydrogens is 450 g/mol. The van der Waals surface area contributed by atoms with Crippen LogP contribution in [0.4, 0.5) is 0 Å². The number of hydrogen-bond acceptors (Lipinski definition) is 4. The average molecular weight is 480 g/mol. The standard InChI is InChI=1S/C30H29N3O3/c1-5-30(3,4)21-12-13-23-24(17(21)2)25-20-10-8-14-31-28(20)36-29(35)26(25)33(23)16-19-15-18-9-6-7-11-22(18)32-27(19)34/h6-11,14-15H,5,12-13,16H2,1-4H3,(H,32,34). The van der Waals surface area contributed by atoms with Crippen molar-refractivity contribution in [3.8, 4) is 0 Å². The Kier molecular flexibility index (Phi) is 5.04. The number of rotatable bonds is 4. The van der Waals surface area contributed by atoms with Crippen LogP contribution in [0.2, 0.25) is 0 Å². The highest BCUT2D eigenvalue weighted by molar-refractivity contribution is 6.10. The maximum atomic E-state index is 13.4. The zero-order valence-electron chi connectivity index (χ0n) is 21.1. The number of hydrogen-bond donors (Lipinski definition) is 1. The van der Waals surface area contributed by atoms with Crippen molar-refractivity contribution in [3.05, 3.63) is 91.8 Å². The van der Waals surface area contributed by atoms with Crippen molar-refractivity contribution in [2.75, 3.05) is 0 Å². The maximum Gasteiger partial charge on any atom is 0.362 e. The molecule has 0 saturated carbocycles. The molecule has 0 radical (unpaired) electrons. The molecule has 0 fully saturated rings. The molecule has 0 saturated heterocycles. The molecule has 0 spiro atoms. The number of allylic oxidation sites excluding steroid dienone is 2. The van der Waals surface area contributed by atoms with E-state index >= 15 is 0 Å². The second-order valence-electron chi connectivity index (χ2n) is 10.4. The summed E-state index contributed by atoms with van der Waals surface area (Å²) in [6.07, 6.45) is 4.40. The van der Waals surface area contributed by atoms with Gasteiger partial charge < -0.3 is 14.0 Å². The van der Waals surface area contributed by atoms with E-state index in [4.69, 9.17) is 4.42 Å². The van der Waals surface area contributed by atoms with Gasteiger partial charge in [-0.2, -0.15) is 0 Å². The SMILES string of the molecule is CCC(C)(C)C1=C(C)c2c(n(Cc3cc4ccccc4[nH]c3=O)c3c(=O)oc4ncccc4c23)CC1. The highest BCUT2D eigenvalue weighted by Gasteiger charge is 2.32. The van der Waals surface area contributed by atoms with E-state index in [1.165, 1.54) is 11.1 Å². The summed E-state index contributed by atoms with van der Waals surface area (Å²) in [5, 5.41) is 2.66. The van der Waals surface area contributed by atoms with Crippen molar-refractivity contribution < 1.29 is 4.42 Å². The molecule has 6 rings (SSSR count). The fourth-order valence-corrected chi connectivity index (χ4v) is 5.90. The van der Waals surface area contributed by atoms with Crippen LogP contribution in [0.5, 0.6) is 0 Å². The van der Waals surface area contributed by atoms with Crippen LogP contribution in [0.3, 0.4) is 0 Å². The number of nitrogens with zero attached hydrogens (tertiary/aromatic N) is 2. The smallest absolute Gasteiger partial charge is 0.362 e. The predicted octanol–water partition coefficient (Wildman–Crippen LogP) is 6.19. The Morgan fingerprint density at radius 2 is 1.92 bits per heavy atom. The van der Waals surface area contributed by atoms with Crippen molar-refractivity contribution >= 4 is 38.5 Å². The molecular formula is C30H29N3O3. The first-order valence-corrected chi connectivity index (χ1v) is 12.5. The van der Waals surface area contributed by atoms with Crippen LogP contribution in [0.15, 0.2) is 68.2 Å². The lowest BCUT2D eigenvalue weighted by Gasteiger charge is -2.32. The van der Waals surface area contributed by atoms with E-state index in [1.54, 1.807) is 6.20 Å². The first-order chi connectivity index (χ1) is 17.3. The summed E-state index contributed by atoms with van der Waals surface area (Å²) in [6, 6.07) is 13.5. The Hall–Kier alpha value is -3.93. The normalized spacial score (nSPS) is 14.2. The van der Waals surface area contributed by atoms with Gasteiger partial charge in [0.1, 0.15) is 5.52 Å². The van der Waals surface area contributed by atoms with Gasteiger partial charge in [-0.25, -0.2) is 9.78 Å². The number of nitrogens with one attached hydrogen (secondary N) is 1. The van der Waals surface area contributed by atoms with Gasteiger partial charge in [0.2, 0.25) is 5.71 Å². The molecule has 0 atom stereocenters. The molecule has 4 heterocycles. The van der Waals surface area contributed by atoms with E-state index in [-0.39, 0.29) is 11.0 Å². The lowest BCUT2D eigenvalue weighted by atomic mass is 9.73. The molecule has 0 bridgehead atoms. The second-order valence-corrected chi connectivity index (χ2v) is 10.4. The number of aromatic amines is 1. The van der Waals surface area contributed by atoms with E-state index < -0.39 is 5.63 Å². The predicted molar refractivity (Wildman–Crippen MR) is 144 cm³/mol. The van der Waals surface area contributed by atoms with Gasteiger partial charge in [0, 0.05) is 39.3 Å². The minimum Gasteiger partial charge on any atom is -0.402 e. The maximum absolute atomic E-state index is 13.4. The molecule has 0 unspecified atom stereocenters. The third kappa shape index (κ3) is 3.28. The molecule has 1 N–H and O–H groups in total. The molecule has 0 aliphatic heterocycles. The van der Waals surface area contributed by atoms with Crippen molar-refractivity contribution in [1.82, 2.24) is 14.5 Å². The Bertz CT molecular complexity index is 1830. The Labute approximate surface area is 208 Å². The topological polar surface area (TPSA) is 80.9 Å². The Morgan fingerprint density at radius 3 is 2.72 bits per heavy atom. The van der Waals surface area contributed by atoms with Crippen LogP contribution in [0.25, 0.3) is 38.5 Å². The van der Waals surface area contributed by atoms with Crippen LogP contribution >= 0.6 is 0 Å². The molecule has 5 aromatic rings. The first kappa shape index (κ1) is 22.5. The summed E-state index contributed by atoms with van der Waals surface area (Å²) in [4.78, 5) is 33.8. The zero-order valence-corrected chi connectivity index (χ0v) is 21.1. The summed E-state index contributed by atoms with van der Waals surface area (Å²) in [6.45, 7) is 9.27. The highest BCUT2D eigenvalue weighted by atomic mass is 16.4. The van der Waals surface area contributed by atoms with Gasteiger partial charge in [-0.1, -0.05) is 44.5 Å². The highest BCUT2D eigenvalue weighted by Crippen LogP contribution is 2.46. The van der Waals surface area contributed by atoms with Crippen molar-refractivity contribution in [3.63, 3.8) is 0 Å². The average Bonchev–Trinajstić information content (AvgIpc) is 3.20. The minimum atomic E-state index is -0.424. The van der Waals surface area contributed by atoms with Gasteiger partial charge in [0.25, 0.3) is 5.56 Å². The van der Waals surface area contributed by atoms with E-state index in [9.17, 15) is 9.59 Å². The quantitative estimate of drug-likeness (QED) is 0.333. The molecule has 182 valence electrons. The molecule has 1 aliphatic rings. The number of para-hydroxylation sites is 1. The lowest BCUT2D eigenvalue weighted by molar-refractivity contribution is 0.412. The van der Waals surface area contributed by atoms with E-state index in [2.05, 4.69) is 37.7 Å². The first-order valence-electron chi connectivity index (χ1n) is 12.5. The number of pyridine rings is 2. The van der Waals surface area contributed by atoms with Crippen LogP contribution in [0, 0.1) is 5.41 Å². The summed E-state index contributed by atoms with van der Waals surface area (Å²) in [5.74, 6) is 0. The van der Waals surface area contributed by atoms with Crippen LogP contribution < -0.4 is 11.2 Å². The molecule has 36 heavy (non-hydrogen) atoms. The fourth-order valence-electron chi connectivity index (χ4n) is 5.90. The van der Waals surface area contributed by atoms with Gasteiger partial charge in [-0.15, -0.1) is 0 Å². The number of fused-ring (bicyclic) bond motifs is 6. The van der Waals surface area contributed by atoms with Gasteiger partial charge in [-0.05, 0) is 66.8 Å². The van der Waals surface area contributed by atoms with Gasteiger partial charge in [-0.3, -0.25) is 4.79 Å². The molecule has 0 amide bonds. The molecule has 6 heteroatoms. The van der Waals surface area contributed by atoms with Crippen molar-refractivity contribution in [2.24, 2.45) is 5.41 Å². The van der Waals surface area contributed by atoms with E-state index in [0.29, 0.717) is 23.3 Å². The Morgan fingerprint density at radius 1 is 1.11 bits per heavy atom. The third-order valence-corrected chi connectivity index (χ3v) is 8.09. The van der Waals surface area contributed by atoms with Crippen molar-refractivity contribution in [1.29, 1.82) is 0 Å². The molecule has 4 aromatic heterocycles. The van der Waals surface area contributed by atoms with Crippen LogP contribution in [0.1, 0.15) is 57.4 Å². The fraction of sp³-hybridized carbons (Fsp3) is 0.300. The summed E-state index contributed by atoms with van der Waals surface area (Å²) in [5.41, 5.74) is 6.55. The summed E-state index contributed by atoms with van der Waals surface area (Å²) >= 11 is 0. The number of aromatic nitrogens is 3. The van der Waals surface area contributed by atoms with E-state index in [1.807, 2.05) is 47.0 Å². The van der Waals surface area contributed by atoms with Gasteiger partial charge in [0.15, 0.2) is 0 Å². The molecule has 1 aliphatic carbocycles. The minimum absolute atomic E-state index is 0.0548. The summed E-state index contributed by atoms with van der Waals surface area (Å²) < 4.78 is 7.71. The molecule has 6 nitrogen and oxygen atoms in total. The second kappa shape index (κ2) is 8.05. The van der Waals surface area contributed by atoms with E-state index in [0.717, 1.165) is 52.2 Å². The third-order valence-electron chi connectivity index (χ3n) is 8.09. The lowest BCUT2D eigenvalue weighted by Crippen LogP contribution is -2.21. The van der Waals surface area contributed by atoms with Crippen molar-refractivity contribution in [2.45, 2.75) is 53.5 Å². The largest absolute Gasteiger partial charge is 0.402 e. The van der Waals surface area contributed by atoms with Crippen LogP contribution in [-0.2, 0) is 13.0 Å². The van der Waals surface area contributed by atoms with Crippen LogP contribution in [-0.4, -0.2) is 14.5 Å².